The number of aromatic nitrogens is 2. The van der Waals surface area contributed by atoms with Crippen molar-refractivity contribution in [1.29, 1.82) is 0 Å². The molecule has 5 heteroatoms. The van der Waals surface area contributed by atoms with E-state index in [1.54, 1.807) is 24.1 Å². The van der Waals surface area contributed by atoms with E-state index in [2.05, 4.69) is 10.2 Å². The lowest BCUT2D eigenvalue weighted by Gasteiger charge is -2.20. The number of likely N-dealkylation sites (N-methyl/N-ethyl adjacent to an activating group) is 1. The Morgan fingerprint density at radius 3 is 2.78 bits per heavy atom. The first-order valence-corrected chi connectivity index (χ1v) is 8.20. The standard InChI is InChI=1S/C18H23N3O2/c1-21(18(23)17(22)13-8-4-2-5-9-13)12-16-14-10-6-3-7-11-15(14)19-20-16/h2,4-5,8-9,17,22H,3,6-7,10-12H2,1H3,(H,19,20)/t17-/m1/s1. The third kappa shape index (κ3) is 3.45. The van der Waals surface area contributed by atoms with Crippen LogP contribution in [0.15, 0.2) is 30.3 Å². The van der Waals surface area contributed by atoms with Gasteiger partial charge in [-0.25, -0.2) is 0 Å². The Bertz CT molecular complexity index is 666. The van der Waals surface area contributed by atoms with Crippen LogP contribution in [0, 0.1) is 0 Å². The Hall–Kier alpha value is -2.14. The molecule has 2 N–H and O–H groups in total. The summed E-state index contributed by atoms with van der Waals surface area (Å²) in [6, 6.07) is 9.02. The molecule has 23 heavy (non-hydrogen) atoms. The number of aliphatic hydroxyl groups is 1. The molecule has 0 aliphatic heterocycles. The van der Waals surface area contributed by atoms with Crippen LogP contribution in [0.3, 0.4) is 0 Å². The van der Waals surface area contributed by atoms with Crippen LogP contribution in [0.5, 0.6) is 0 Å². The van der Waals surface area contributed by atoms with Crippen LogP contribution in [-0.2, 0) is 24.2 Å². The van der Waals surface area contributed by atoms with E-state index in [-0.39, 0.29) is 5.91 Å². The number of H-pyrrole nitrogens is 1. The molecule has 0 radical (unpaired) electrons. The van der Waals surface area contributed by atoms with Crippen LogP contribution in [0.4, 0.5) is 0 Å². The van der Waals surface area contributed by atoms with Crippen LogP contribution in [-0.4, -0.2) is 33.2 Å². The molecule has 0 fully saturated rings. The maximum atomic E-state index is 12.4. The molecule has 1 aliphatic rings. The highest BCUT2D eigenvalue weighted by atomic mass is 16.3. The molecule has 122 valence electrons. The predicted octanol–water partition coefficient (Wildman–Crippen LogP) is 2.37. The molecule has 0 saturated heterocycles. The third-order valence-corrected chi connectivity index (χ3v) is 4.50. The van der Waals surface area contributed by atoms with Crippen molar-refractivity contribution < 1.29 is 9.90 Å². The zero-order valence-corrected chi connectivity index (χ0v) is 13.5. The van der Waals surface area contributed by atoms with E-state index in [4.69, 9.17) is 0 Å². The number of benzene rings is 1. The molecule has 1 aliphatic carbocycles. The number of fused-ring (bicyclic) bond motifs is 1. The SMILES string of the molecule is CN(Cc1n[nH]c2c1CCCCC2)C(=O)[C@H](O)c1ccccc1. The molecular weight excluding hydrogens is 290 g/mol. The maximum absolute atomic E-state index is 12.4. The number of nitrogens with one attached hydrogen (secondary N) is 1. The molecule has 5 nitrogen and oxygen atoms in total. The first-order valence-electron chi connectivity index (χ1n) is 8.20. The summed E-state index contributed by atoms with van der Waals surface area (Å²) in [4.78, 5) is 14.0. The quantitative estimate of drug-likeness (QED) is 0.852. The van der Waals surface area contributed by atoms with Gasteiger partial charge >= 0.3 is 0 Å². The summed E-state index contributed by atoms with van der Waals surface area (Å²) in [6.45, 7) is 0.425. The van der Waals surface area contributed by atoms with E-state index in [9.17, 15) is 9.90 Å². The maximum Gasteiger partial charge on any atom is 0.256 e. The van der Waals surface area contributed by atoms with Gasteiger partial charge in [-0.3, -0.25) is 9.89 Å². The molecule has 1 aromatic carbocycles. The molecular formula is C18H23N3O2. The largest absolute Gasteiger partial charge is 0.378 e. The monoisotopic (exact) mass is 313 g/mol. The fraction of sp³-hybridized carbons (Fsp3) is 0.444. The van der Waals surface area contributed by atoms with Crippen molar-refractivity contribution >= 4 is 5.91 Å². The zero-order chi connectivity index (χ0) is 16.2. The third-order valence-electron chi connectivity index (χ3n) is 4.50. The fourth-order valence-electron chi connectivity index (χ4n) is 3.15. The van der Waals surface area contributed by atoms with Gasteiger partial charge in [-0.2, -0.15) is 5.10 Å². The van der Waals surface area contributed by atoms with Crippen molar-refractivity contribution in [2.24, 2.45) is 0 Å². The summed E-state index contributed by atoms with van der Waals surface area (Å²) in [6.07, 6.45) is 4.53. The summed E-state index contributed by atoms with van der Waals surface area (Å²) in [5.41, 5.74) is 4.02. The van der Waals surface area contributed by atoms with Crippen LogP contribution >= 0.6 is 0 Å². The number of aromatic amines is 1. The lowest BCUT2D eigenvalue weighted by Crippen LogP contribution is -2.31. The van der Waals surface area contributed by atoms with E-state index < -0.39 is 6.10 Å². The number of carbonyl (C=O) groups excluding carboxylic acids is 1. The zero-order valence-electron chi connectivity index (χ0n) is 13.5. The Labute approximate surface area is 136 Å². The van der Waals surface area contributed by atoms with Gasteiger partial charge in [-0.15, -0.1) is 0 Å². The van der Waals surface area contributed by atoms with Crippen LogP contribution in [0.25, 0.3) is 0 Å². The van der Waals surface area contributed by atoms with Crippen molar-refractivity contribution in [2.75, 3.05) is 7.05 Å². The molecule has 1 atom stereocenters. The number of aryl methyl sites for hydroxylation is 1. The molecule has 2 aromatic rings. The van der Waals surface area contributed by atoms with Gasteiger partial charge in [0.25, 0.3) is 5.91 Å². The number of rotatable bonds is 4. The second kappa shape index (κ2) is 6.96. The van der Waals surface area contributed by atoms with Crippen LogP contribution in [0.1, 0.15) is 47.9 Å². The predicted molar refractivity (Wildman–Crippen MR) is 87.7 cm³/mol. The number of carbonyl (C=O) groups is 1. The minimum atomic E-state index is -1.13. The van der Waals surface area contributed by atoms with Gasteiger partial charge in [0.05, 0.1) is 12.2 Å². The van der Waals surface area contributed by atoms with Crippen molar-refractivity contribution in [3.05, 3.63) is 52.8 Å². The number of amides is 1. The Balaban J connectivity index is 1.70. The Kier molecular flexibility index (Phi) is 4.76. The molecule has 1 heterocycles. The summed E-state index contributed by atoms with van der Waals surface area (Å²) in [7, 11) is 1.71. The second-order valence-electron chi connectivity index (χ2n) is 6.20. The smallest absolute Gasteiger partial charge is 0.256 e. The van der Waals surface area contributed by atoms with Crippen molar-refractivity contribution in [3.8, 4) is 0 Å². The van der Waals surface area contributed by atoms with Gasteiger partial charge in [-0.1, -0.05) is 36.8 Å². The number of hydrogen-bond donors (Lipinski definition) is 2. The average molecular weight is 313 g/mol. The van der Waals surface area contributed by atoms with Crippen molar-refractivity contribution in [2.45, 2.75) is 44.8 Å². The Morgan fingerprint density at radius 2 is 2.00 bits per heavy atom. The van der Waals surface area contributed by atoms with Crippen molar-refractivity contribution in [3.63, 3.8) is 0 Å². The molecule has 0 saturated carbocycles. The summed E-state index contributed by atoms with van der Waals surface area (Å²) in [5, 5.41) is 17.8. The highest BCUT2D eigenvalue weighted by Crippen LogP contribution is 2.23. The number of aliphatic hydroxyl groups excluding tert-OH is 1. The van der Waals surface area contributed by atoms with E-state index >= 15 is 0 Å². The van der Waals surface area contributed by atoms with Gasteiger partial charge in [0, 0.05) is 12.7 Å². The average Bonchev–Trinajstić information content (AvgIpc) is 2.81. The normalized spacial score (nSPS) is 15.6. The fourth-order valence-corrected chi connectivity index (χ4v) is 3.15. The number of hydrogen-bond acceptors (Lipinski definition) is 3. The van der Waals surface area contributed by atoms with Crippen molar-refractivity contribution in [1.82, 2.24) is 15.1 Å². The molecule has 3 rings (SSSR count). The van der Waals surface area contributed by atoms with Gasteiger partial charge in [0.15, 0.2) is 6.10 Å². The molecule has 0 bridgehead atoms. The number of nitrogens with zero attached hydrogens (tertiary/aromatic N) is 2. The highest BCUT2D eigenvalue weighted by molar-refractivity contribution is 5.81. The van der Waals surface area contributed by atoms with Crippen LogP contribution in [0.2, 0.25) is 0 Å². The lowest BCUT2D eigenvalue weighted by atomic mass is 10.1. The van der Waals surface area contributed by atoms with Gasteiger partial charge < -0.3 is 10.0 Å². The second-order valence-corrected chi connectivity index (χ2v) is 6.20. The van der Waals surface area contributed by atoms with E-state index in [0.29, 0.717) is 12.1 Å². The Morgan fingerprint density at radius 1 is 1.26 bits per heavy atom. The molecule has 1 amide bonds. The van der Waals surface area contributed by atoms with Crippen LogP contribution < -0.4 is 0 Å². The minimum absolute atomic E-state index is 0.304. The molecule has 0 spiro atoms. The highest BCUT2D eigenvalue weighted by Gasteiger charge is 2.23. The van der Waals surface area contributed by atoms with E-state index in [1.807, 2.05) is 18.2 Å². The van der Waals surface area contributed by atoms with E-state index in [1.165, 1.54) is 30.5 Å². The van der Waals surface area contributed by atoms with Gasteiger partial charge in [-0.05, 0) is 36.8 Å². The topological polar surface area (TPSA) is 69.2 Å². The first-order chi connectivity index (χ1) is 11.2. The summed E-state index contributed by atoms with van der Waals surface area (Å²) in [5.74, 6) is -0.304. The molecule has 0 unspecified atom stereocenters. The molecule has 1 aromatic heterocycles. The minimum Gasteiger partial charge on any atom is -0.378 e. The van der Waals surface area contributed by atoms with Gasteiger partial charge in [0.1, 0.15) is 0 Å². The summed E-state index contributed by atoms with van der Waals surface area (Å²) >= 11 is 0. The summed E-state index contributed by atoms with van der Waals surface area (Å²) < 4.78 is 0. The first kappa shape index (κ1) is 15.7. The van der Waals surface area contributed by atoms with Gasteiger partial charge in [0.2, 0.25) is 0 Å². The van der Waals surface area contributed by atoms with E-state index in [0.717, 1.165) is 18.5 Å². The lowest BCUT2D eigenvalue weighted by molar-refractivity contribution is -0.139.